The van der Waals surface area contributed by atoms with Crippen LogP contribution < -0.4 is 21.4 Å². The molecule has 1 aliphatic heterocycles. The van der Waals surface area contributed by atoms with Crippen LogP contribution in [0.4, 0.5) is 14.9 Å². The van der Waals surface area contributed by atoms with Crippen molar-refractivity contribution in [1.29, 1.82) is 0 Å². The Morgan fingerprint density at radius 3 is 2.71 bits per heavy atom. The fourth-order valence-electron chi connectivity index (χ4n) is 3.05. The third kappa shape index (κ3) is 9.83. The van der Waals surface area contributed by atoms with Crippen LogP contribution in [0, 0.1) is 5.82 Å². The van der Waals surface area contributed by atoms with Crippen molar-refractivity contribution in [2.45, 2.75) is 33.3 Å². The lowest BCUT2D eigenvalue weighted by Gasteiger charge is -2.14. The molecular formula is C25H35FN6O3. The molecule has 0 unspecified atom stereocenters. The summed E-state index contributed by atoms with van der Waals surface area (Å²) in [6.07, 6.45) is 6.53. The first-order valence-corrected chi connectivity index (χ1v) is 11.4. The Morgan fingerprint density at radius 2 is 2.09 bits per heavy atom. The predicted octanol–water partition coefficient (Wildman–Crippen LogP) is 4.26. The molecule has 9 nitrogen and oxygen atoms in total. The van der Waals surface area contributed by atoms with Gasteiger partial charge in [-0.2, -0.15) is 5.11 Å². The largest absolute Gasteiger partial charge is 0.442 e. The molecule has 1 saturated heterocycles. The fourth-order valence-corrected chi connectivity index (χ4v) is 3.05. The summed E-state index contributed by atoms with van der Waals surface area (Å²) in [7, 11) is 0. The van der Waals surface area contributed by atoms with Crippen LogP contribution in [0.25, 0.3) is 5.57 Å². The number of ether oxygens (including phenoxy) is 1. The van der Waals surface area contributed by atoms with Gasteiger partial charge in [0.05, 0.1) is 25.3 Å². The zero-order valence-corrected chi connectivity index (χ0v) is 20.6. The second kappa shape index (κ2) is 15.8. The average molecular weight is 487 g/mol. The van der Waals surface area contributed by atoms with E-state index in [9.17, 15) is 14.0 Å². The van der Waals surface area contributed by atoms with Crippen molar-refractivity contribution in [3.8, 4) is 0 Å². The van der Waals surface area contributed by atoms with Gasteiger partial charge in [-0.3, -0.25) is 9.69 Å². The number of allylic oxidation sites excluding steroid dienone is 5. The summed E-state index contributed by atoms with van der Waals surface area (Å²) in [5.41, 5.74) is 1.91. The molecule has 2 rings (SSSR count). The number of hydrogen-bond donors (Lipinski definition) is 3. The average Bonchev–Trinajstić information content (AvgIpc) is 3.22. The smallest absolute Gasteiger partial charge is 0.414 e. The third-order valence-electron chi connectivity index (χ3n) is 4.67. The highest BCUT2D eigenvalue weighted by Crippen LogP contribution is 2.27. The number of carbonyl (C=O) groups is 2. The van der Waals surface area contributed by atoms with Crippen molar-refractivity contribution >= 4 is 23.3 Å². The van der Waals surface area contributed by atoms with Crippen molar-refractivity contribution in [1.82, 2.24) is 10.6 Å². The highest BCUT2D eigenvalue weighted by Gasteiger charge is 2.32. The van der Waals surface area contributed by atoms with E-state index in [4.69, 9.17) is 10.6 Å². The first-order chi connectivity index (χ1) is 16.8. The van der Waals surface area contributed by atoms with Gasteiger partial charge in [0, 0.05) is 24.7 Å². The number of nitrogens with two attached hydrogens (primary N) is 1. The van der Waals surface area contributed by atoms with E-state index >= 15 is 0 Å². The molecule has 1 heterocycles. The zero-order valence-electron chi connectivity index (χ0n) is 20.6. The summed E-state index contributed by atoms with van der Waals surface area (Å²) in [4.78, 5) is 24.5. The number of halogens is 1. The topological polar surface area (TPSA) is 121 Å². The van der Waals surface area contributed by atoms with Crippen LogP contribution in [0.3, 0.4) is 0 Å². The van der Waals surface area contributed by atoms with E-state index in [0.29, 0.717) is 29.9 Å². The van der Waals surface area contributed by atoms with Gasteiger partial charge in [0.2, 0.25) is 5.91 Å². The van der Waals surface area contributed by atoms with Gasteiger partial charge in [-0.1, -0.05) is 44.4 Å². The summed E-state index contributed by atoms with van der Waals surface area (Å²) in [5, 5.41) is 12.7. The number of amides is 2. The molecule has 4 N–H and O–H groups in total. The van der Waals surface area contributed by atoms with E-state index in [1.54, 1.807) is 36.4 Å². The summed E-state index contributed by atoms with van der Waals surface area (Å²) >= 11 is 0. The highest BCUT2D eigenvalue weighted by molar-refractivity contribution is 5.90. The molecule has 1 fully saturated rings. The van der Waals surface area contributed by atoms with Gasteiger partial charge in [0.1, 0.15) is 11.9 Å². The summed E-state index contributed by atoms with van der Waals surface area (Å²) in [5.74, 6) is 4.23. The van der Waals surface area contributed by atoms with Crippen LogP contribution in [-0.2, 0) is 9.53 Å². The van der Waals surface area contributed by atoms with Crippen LogP contribution in [0.15, 0.2) is 71.7 Å². The fraction of sp³-hybridized carbons (Fsp3) is 0.360. The van der Waals surface area contributed by atoms with Crippen LogP contribution in [0.2, 0.25) is 0 Å². The second-order valence-corrected chi connectivity index (χ2v) is 7.19. The molecule has 0 spiro atoms. The molecule has 0 aliphatic carbocycles. The monoisotopic (exact) mass is 486 g/mol. The lowest BCUT2D eigenvalue weighted by atomic mass is 10.0. The Hall–Kier alpha value is -3.95. The van der Waals surface area contributed by atoms with Gasteiger partial charge in [-0.25, -0.2) is 9.18 Å². The molecule has 35 heavy (non-hydrogen) atoms. The molecule has 2 amide bonds. The second-order valence-electron chi connectivity index (χ2n) is 7.19. The first kappa shape index (κ1) is 29.1. The molecule has 1 aromatic carbocycles. The van der Waals surface area contributed by atoms with E-state index in [1.807, 2.05) is 13.8 Å². The number of nitrogens with one attached hydrogen (secondary N) is 2. The van der Waals surface area contributed by atoms with Crippen LogP contribution in [0.1, 0.15) is 32.8 Å². The highest BCUT2D eigenvalue weighted by atomic mass is 19.1. The molecule has 1 aliphatic rings. The maximum absolute atomic E-state index is 14.8. The maximum Gasteiger partial charge on any atom is 0.414 e. The zero-order chi connectivity index (χ0) is 26.2. The van der Waals surface area contributed by atoms with E-state index in [1.165, 1.54) is 17.9 Å². The molecule has 0 saturated carbocycles. The summed E-state index contributed by atoms with van der Waals surface area (Å²) in [6, 6.07) is 4.46. The summed E-state index contributed by atoms with van der Waals surface area (Å²) in [6.45, 7) is 14.6. The minimum Gasteiger partial charge on any atom is -0.442 e. The lowest BCUT2D eigenvalue weighted by molar-refractivity contribution is -0.119. The number of cyclic esters (lactones) is 1. The minimum atomic E-state index is -0.588. The van der Waals surface area contributed by atoms with Gasteiger partial charge in [-0.05, 0) is 42.3 Å². The minimum absolute atomic E-state index is 0.200. The van der Waals surface area contributed by atoms with E-state index in [-0.39, 0.29) is 19.0 Å². The summed E-state index contributed by atoms with van der Waals surface area (Å²) < 4.78 is 20.0. The van der Waals surface area contributed by atoms with Crippen LogP contribution >= 0.6 is 0 Å². The van der Waals surface area contributed by atoms with E-state index in [0.717, 1.165) is 12.1 Å². The quantitative estimate of drug-likeness (QED) is 0.134. The lowest BCUT2D eigenvalue weighted by Crippen LogP contribution is -2.33. The van der Waals surface area contributed by atoms with Crippen molar-refractivity contribution in [3.63, 3.8) is 0 Å². The molecule has 1 atom stereocenters. The molecule has 0 aromatic heterocycles. The molecule has 0 bridgehead atoms. The van der Waals surface area contributed by atoms with Crippen molar-refractivity contribution < 1.29 is 18.7 Å². The van der Waals surface area contributed by atoms with Gasteiger partial charge in [-0.15, -0.1) is 0 Å². The Bertz CT molecular complexity index is 974. The van der Waals surface area contributed by atoms with Crippen LogP contribution in [-0.4, -0.2) is 44.3 Å². The number of nitrogens with zero attached hydrogens (tertiary/aromatic N) is 3. The molecular weight excluding hydrogens is 451 g/mol. The Kier molecular flexibility index (Phi) is 13.1. The van der Waals surface area contributed by atoms with E-state index in [2.05, 4.69) is 34.1 Å². The number of anilines is 1. The standard InChI is InChI=1S/C23H29FN6O3.C2H6/c1-4-6-18(26-11-5-12-28-29-25)8-7-16(2)21-10-9-19(13-22(21)24)30-15-20(33-23(30)32)14-27-17(3)31;1-2/h4,6-10,13,20,26H,1-2,5,11-12,14-15H2,3H3,(H2,25,28)(H,27,31);1-2H3/b8-7-,18-6+;/t20-;/m0./s1. The third-order valence-corrected chi connectivity index (χ3v) is 4.67. The normalized spacial score (nSPS) is 15.5. The number of benzene rings is 1. The Balaban J connectivity index is 0.00000298. The van der Waals surface area contributed by atoms with E-state index < -0.39 is 18.0 Å². The molecule has 10 heteroatoms. The Morgan fingerprint density at radius 1 is 1.34 bits per heavy atom. The molecule has 190 valence electrons. The Labute approximate surface area is 206 Å². The van der Waals surface area contributed by atoms with Crippen LogP contribution in [0.5, 0.6) is 0 Å². The van der Waals surface area contributed by atoms with Gasteiger partial charge in [0.15, 0.2) is 0 Å². The number of hydrogen-bond acceptors (Lipinski definition) is 6. The van der Waals surface area contributed by atoms with Crippen molar-refractivity contribution in [3.05, 3.63) is 72.7 Å². The number of rotatable bonds is 12. The predicted molar refractivity (Wildman–Crippen MR) is 137 cm³/mol. The molecule has 0 radical (unpaired) electrons. The first-order valence-electron chi connectivity index (χ1n) is 11.4. The van der Waals surface area contributed by atoms with Crippen molar-refractivity contribution in [2.24, 2.45) is 16.2 Å². The number of carbonyl (C=O) groups excluding carboxylic acids is 2. The maximum atomic E-state index is 14.8. The van der Waals surface area contributed by atoms with Gasteiger partial charge in [0.25, 0.3) is 0 Å². The SMILES string of the molecule is C=C/C=C(\C=C/C(=C)c1ccc(N2C[C@H](CNC(C)=O)OC2=O)cc1F)NCCCN=NN.CC. The molecule has 1 aromatic rings. The van der Waals surface area contributed by atoms with Crippen molar-refractivity contribution in [2.75, 3.05) is 31.1 Å². The van der Waals surface area contributed by atoms with Gasteiger partial charge >= 0.3 is 6.09 Å². The van der Waals surface area contributed by atoms with Gasteiger partial charge < -0.3 is 21.2 Å².